The molecule has 1 fully saturated rings. The molecule has 210 valence electrons. The van der Waals surface area contributed by atoms with Crippen LogP contribution in [0.2, 0.25) is 0 Å². The van der Waals surface area contributed by atoms with Gasteiger partial charge in [0, 0.05) is 78.4 Å². The van der Waals surface area contributed by atoms with Crippen molar-refractivity contribution in [3.05, 3.63) is 65.3 Å². The number of nitrogens with zero attached hydrogens (tertiary/aromatic N) is 7. The molecule has 0 spiro atoms. The van der Waals surface area contributed by atoms with E-state index < -0.39 is 7.92 Å². The molecule has 12 heteroatoms. The van der Waals surface area contributed by atoms with E-state index in [-0.39, 0.29) is 0 Å². The third-order valence-corrected chi connectivity index (χ3v) is 8.89. The van der Waals surface area contributed by atoms with Gasteiger partial charge < -0.3 is 20.3 Å². The number of morpholine rings is 1. The minimum absolute atomic E-state index is 0.464. The summed E-state index contributed by atoms with van der Waals surface area (Å²) in [6.45, 7) is 9.72. The molecular formula is C29H31BrN9OP. The highest BCUT2D eigenvalue weighted by molar-refractivity contribution is 9.10. The van der Waals surface area contributed by atoms with Crippen LogP contribution in [0.15, 0.2) is 59.7 Å². The lowest BCUT2D eigenvalue weighted by Crippen LogP contribution is -2.37. The Hall–Kier alpha value is -3.66. The lowest BCUT2D eigenvalue weighted by atomic mass is 10.0. The molecule has 10 nitrogen and oxygen atoms in total. The van der Waals surface area contributed by atoms with Crippen LogP contribution in [0, 0.1) is 6.92 Å². The third-order valence-electron chi connectivity index (χ3n) is 6.96. The fraction of sp³-hybridized carbons (Fsp3) is 0.276. The van der Waals surface area contributed by atoms with E-state index in [1.54, 1.807) is 18.6 Å². The predicted molar refractivity (Wildman–Crippen MR) is 171 cm³/mol. The molecule has 0 bridgehead atoms. The Bertz CT molecular complexity index is 1720. The first-order chi connectivity index (χ1) is 19.9. The van der Waals surface area contributed by atoms with Gasteiger partial charge in [0.25, 0.3) is 0 Å². The van der Waals surface area contributed by atoms with Crippen molar-refractivity contribution >= 4 is 69.0 Å². The zero-order valence-electron chi connectivity index (χ0n) is 23.4. The summed E-state index contributed by atoms with van der Waals surface area (Å²) >= 11 is 3.63. The van der Waals surface area contributed by atoms with Crippen molar-refractivity contribution in [3.63, 3.8) is 0 Å². The van der Waals surface area contributed by atoms with Gasteiger partial charge in [0.05, 0.1) is 34.9 Å². The molecule has 0 saturated carbocycles. The average Bonchev–Trinajstić information content (AvgIpc) is 3.40. The van der Waals surface area contributed by atoms with E-state index in [0.29, 0.717) is 11.8 Å². The number of hydrogen-bond donors (Lipinski definition) is 2. The molecule has 6 rings (SSSR count). The van der Waals surface area contributed by atoms with Gasteiger partial charge in [-0.3, -0.25) is 14.6 Å². The standard InChI is InChI=1S/C29H31BrN9OP/c1-18-13-20(14-21(19-15-34-38(2)17-19)26(18)39-9-11-40-12-10-39)35-29-33-16-22(30)28(37-29)36-24-6-5-23-25(27(24)41(3)4)32-8-7-31-23/h5-8,13-17H,9-12H2,1-4H3,(H2,33,35,36,37). The van der Waals surface area contributed by atoms with Gasteiger partial charge >= 0.3 is 0 Å². The van der Waals surface area contributed by atoms with Gasteiger partial charge in [-0.25, -0.2) is 4.98 Å². The number of rotatable bonds is 7. The molecule has 3 aromatic heterocycles. The first-order valence-electron chi connectivity index (χ1n) is 13.3. The van der Waals surface area contributed by atoms with Crippen molar-refractivity contribution in [1.82, 2.24) is 29.7 Å². The SMILES string of the molecule is Cc1cc(Nc2ncc(Br)c(Nc3ccc4nccnc4c3P(C)C)n2)cc(-c2cnn(C)c2)c1N1CCOCC1. The van der Waals surface area contributed by atoms with E-state index in [1.807, 2.05) is 36.3 Å². The number of ether oxygens (including phenoxy) is 1. The van der Waals surface area contributed by atoms with Crippen LogP contribution in [0.25, 0.3) is 22.2 Å². The van der Waals surface area contributed by atoms with Gasteiger partial charge in [-0.2, -0.15) is 10.1 Å². The van der Waals surface area contributed by atoms with Gasteiger partial charge in [0.1, 0.15) is 5.82 Å². The number of benzene rings is 2. The van der Waals surface area contributed by atoms with Gasteiger partial charge in [-0.05, 0) is 66.0 Å². The molecule has 0 atom stereocenters. The molecule has 1 saturated heterocycles. The van der Waals surface area contributed by atoms with Crippen LogP contribution in [0.5, 0.6) is 0 Å². The van der Waals surface area contributed by atoms with Crippen LogP contribution >= 0.6 is 23.9 Å². The van der Waals surface area contributed by atoms with Gasteiger partial charge in [-0.15, -0.1) is 0 Å². The number of halogens is 1. The maximum Gasteiger partial charge on any atom is 0.229 e. The highest BCUT2D eigenvalue weighted by atomic mass is 79.9. The molecule has 1 aliphatic heterocycles. The maximum atomic E-state index is 5.62. The largest absolute Gasteiger partial charge is 0.378 e. The van der Waals surface area contributed by atoms with Crippen LogP contribution in [-0.2, 0) is 11.8 Å². The highest BCUT2D eigenvalue weighted by Crippen LogP contribution is 2.38. The first kappa shape index (κ1) is 27.5. The second-order valence-electron chi connectivity index (χ2n) is 10.1. The third kappa shape index (κ3) is 5.75. The fourth-order valence-corrected chi connectivity index (χ4v) is 6.68. The molecular weight excluding hydrogens is 601 g/mol. The predicted octanol–water partition coefficient (Wildman–Crippen LogP) is 5.58. The van der Waals surface area contributed by atoms with E-state index >= 15 is 0 Å². The topological polar surface area (TPSA) is 106 Å². The summed E-state index contributed by atoms with van der Waals surface area (Å²) in [7, 11) is 1.47. The smallest absolute Gasteiger partial charge is 0.229 e. The van der Waals surface area contributed by atoms with Crippen LogP contribution in [0.4, 0.5) is 28.8 Å². The second kappa shape index (κ2) is 11.7. The van der Waals surface area contributed by atoms with Crippen molar-refractivity contribution in [2.45, 2.75) is 6.92 Å². The van der Waals surface area contributed by atoms with Crippen molar-refractivity contribution in [2.24, 2.45) is 7.05 Å². The summed E-state index contributed by atoms with van der Waals surface area (Å²) < 4.78 is 8.21. The Morgan fingerprint density at radius 3 is 2.56 bits per heavy atom. The van der Waals surface area contributed by atoms with Crippen LogP contribution in [-0.4, -0.2) is 69.3 Å². The Morgan fingerprint density at radius 2 is 1.80 bits per heavy atom. The lowest BCUT2D eigenvalue weighted by molar-refractivity contribution is 0.122. The number of hydrogen-bond acceptors (Lipinski definition) is 9. The van der Waals surface area contributed by atoms with E-state index in [2.05, 4.69) is 83.9 Å². The average molecular weight is 633 g/mol. The second-order valence-corrected chi connectivity index (χ2v) is 13.2. The molecule has 0 amide bonds. The number of aryl methyl sites for hydroxylation is 2. The van der Waals surface area contributed by atoms with Crippen molar-refractivity contribution in [2.75, 3.05) is 55.2 Å². The maximum absolute atomic E-state index is 5.62. The molecule has 1 aliphatic rings. The van der Waals surface area contributed by atoms with Gasteiger partial charge in [0.15, 0.2) is 0 Å². The monoisotopic (exact) mass is 631 g/mol. The summed E-state index contributed by atoms with van der Waals surface area (Å²) in [5.41, 5.74) is 8.19. The Balaban J connectivity index is 1.34. The molecule has 2 N–H and O–H groups in total. The zero-order valence-corrected chi connectivity index (χ0v) is 25.9. The number of fused-ring (bicyclic) bond motifs is 1. The summed E-state index contributed by atoms with van der Waals surface area (Å²) in [4.78, 5) is 20.9. The van der Waals surface area contributed by atoms with E-state index in [9.17, 15) is 0 Å². The molecule has 5 aromatic rings. The molecule has 4 heterocycles. The lowest BCUT2D eigenvalue weighted by Gasteiger charge is -2.32. The van der Waals surface area contributed by atoms with Crippen molar-refractivity contribution < 1.29 is 4.74 Å². The number of aromatic nitrogens is 6. The minimum atomic E-state index is -0.464. The van der Waals surface area contributed by atoms with Crippen LogP contribution < -0.4 is 20.8 Å². The van der Waals surface area contributed by atoms with Crippen molar-refractivity contribution in [1.29, 1.82) is 0 Å². The fourth-order valence-electron chi connectivity index (χ4n) is 5.19. The summed E-state index contributed by atoms with van der Waals surface area (Å²) in [5, 5.41) is 12.5. The highest BCUT2D eigenvalue weighted by Gasteiger charge is 2.21. The molecule has 0 radical (unpaired) electrons. The molecule has 0 unspecified atom stereocenters. The Morgan fingerprint density at radius 1 is 1.00 bits per heavy atom. The first-order valence-corrected chi connectivity index (χ1v) is 16.3. The van der Waals surface area contributed by atoms with Crippen LogP contribution in [0.1, 0.15) is 5.56 Å². The van der Waals surface area contributed by atoms with Gasteiger partial charge in [0.2, 0.25) is 5.95 Å². The molecule has 41 heavy (non-hydrogen) atoms. The van der Waals surface area contributed by atoms with E-state index in [4.69, 9.17) is 9.72 Å². The quantitative estimate of drug-likeness (QED) is 0.223. The minimum Gasteiger partial charge on any atom is -0.378 e. The van der Waals surface area contributed by atoms with E-state index in [0.717, 1.165) is 75.2 Å². The zero-order chi connectivity index (χ0) is 28.5. The number of nitrogens with one attached hydrogen (secondary N) is 2. The Kier molecular flexibility index (Phi) is 7.84. The van der Waals surface area contributed by atoms with E-state index in [1.165, 1.54) is 5.69 Å². The van der Waals surface area contributed by atoms with Crippen LogP contribution in [0.3, 0.4) is 0 Å². The molecule has 2 aromatic carbocycles. The summed E-state index contributed by atoms with van der Waals surface area (Å²) in [5.74, 6) is 1.15. The van der Waals surface area contributed by atoms with Crippen molar-refractivity contribution in [3.8, 4) is 11.1 Å². The summed E-state index contributed by atoms with van der Waals surface area (Å²) in [6.07, 6.45) is 9.17. The summed E-state index contributed by atoms with van der Waals surface area (Å²) in [6, 6.07) is 8.32. The number of anilines is 5. The normalized spacial score (nSPS) is 13.7. The molecule has 0 aliphatic carbocycles. The van der Waals surface area contributed by atoms with Gasteiger partial charge in [-0.1, -0.05) is 7.92 Å². The Labute approximate surface area is 248 Å².